The number of nitro benzene ring substituents is 1. The Bertz CT molecular complexity index is 436. The first-order valence-corrected chi connectivity index (χ1v) is 6.85. The zero-order valence-corrected chi connectivity index (χ0v) is 11.1. The summed E-state index contributed by atoms with van der Waals surface area (Å²) in [5.74, 6) is 0.583. The van der Waals surface area contributed by atoms with Crippen molar-refractivity contribution in [1.82, 2.24) is 4.90 Å². The Kier molecular flexibility index (Phi) is 4.87. The summed E-state index contributed by atoms with van der Waals surface area (Å²) >= 11 is 0. The van der Waals surface area contributed by atoms with Crippen molar-refractivity contribution in [3.05, 3.63) is 39.9 Å². The molecule has 1 atom stereocenters. The van der Waals surface area contributed by atoms with Crippen molar-refractivity contribution >= 4 is 5.69 Å². The summed E-state index contributed by atoms with van der Waals surface area (Å²) in [7, 11) is 0. The predicted octanol–water partition coefficient (Wildman–Crippen LogP) is 1.81. The highest BCUT2D eigenvalue weighted by Gasteiger charge is 2.19. The van der Waals surface area contributed by atoms with Gasteiger partial charge in [0.1, 0.15) is 0 Å². The van der Waals surface area contributed by atoms with E-state index >= 15 is 0 Å². The Morgan fingerprint density at radius 2 is 2.21 bits per heavy atom. The van der Waals surface area contributed by atoms with Crippen LogP contribution in [0.3, 0.4) is 0 Å². The summed E-state index contributed by atoms with van der Waals surface area (Å²) in [6.07, 6.45) is 3.12. The highest BCUT2D eigenvalue weighted by Crippen LogP contribution is 2.20. The average molecular weight is 263 g/mol. The normalized spacial score (nSPS) is 20.4. The summed E-state index contributed by atoms with van der Waals surface area (Å²) in [6.45, 7) is 3.72. The van der Waals surface area contributed by atoms with E-state index in [1.807, 2.05) is 12.1 Å². The minimum atomic E-state index is -0.297. The Hall–Kier alpha value is -1.46. The van der Waals surface area contributed by atoms with Gasteiger partial charge in [-0.15, -0.1) is 0 Å². The fourth-order valence-electron chi connectivity index (χ4n) is 2.73. The molecule has 0 aliphatic carbocycles. The number of piperidine rings is 1. The number of nitro groups is 1. The molecule has 1 saturated heterocycles. The molecular formula is C14H21N3O2. The molecule has 1 unspecified atom stereocenters. The van der Waals surface area contributed by atoms with Crippen LogP contribution in [-0.4, -0.2) is 36.0 Å². The lowest BCUT2D eigenvalue weighted by Gasteiger charge is -2.32. The van der Waals surface area contributed by atoms with E-state index in [9.17, 15) is 10.1 Å². The molecule has 0 radical (unpaired) electrons. The predicted molar refractivity (Wildman–Crippen MR) is 75.0 cm³/mol. The first-order valence-electron chi connectivity index (χ1n) is 6.85. The molecule has 1 heterocycles. The molecule has 1 aliphatic heterocycles. The molecule has 2 rings (SSSR count). The standard InChI is InChI=1S/C14H21N3O2/c15-10-12-4-3-8-16(11-12)9-7-13-5-1-2-6-14(13)17(18)19/h1-2,5-6,12H,3-4,7-11,15H2. The Balaban J connectivity index is 1.93. The fraction of sp³-hybridized carbons (Fsp3) is 0.571. The SMILES string of the molecule is NCC1CCCN(CCc2ccccc2[N+](=O)[O-])C1. The summed E-state index contributed by atoms with van der Waals surface area (Å²) in [4.78, 5) is 13.0. The maximum absolute atomic E-state index is 10.9. The third-order valence-electron chi connectivity index (χ3n) is 3.82. The van der Waals surface area contributed by atoms with Crippen molar-refractivity contribution in [2.75, 3.05) is 26.2 Å². The summed E-state index contributed by atoms with van der Waals surface area (Å²) in [5.41, 5.74) is 6.77. The largest absolute Gasteiger partial charge is 0.330 e. The molecule has 0 aromatic heterocycles. The molecule has 0 saturated carbocycles. The van der Waals surface area contributed by atoms with Crippen LogP contribution >= 0.6 is 0 Å². The number of hydrogen-bond donors (Lipinski definition) is 1. The topological polar surface area (TPSA) is 72.4 Å². The van der Waals surface area contributed by atoms with Crippen LogP contribution in [0, 0.1) is 16.0 Å². The Morgan fingerprint density at radius 1 is 1.42 bits per heavy atom. The number of benzene rings is 1. The molecule has 1 aromatic carbocycles. The van der Waals surface area contributed by atoms with Gasteiger partial charge in [0, 0.05) is 24.7 Å². The van der Waals surface area contributed by atoms with Crippen LogP contribution in [-0.2, 0) is 6.42 Å². The number of nitrogens with two attached hydrogens (primary N) is 1. The Morgan fingerprint density at radius 3 is 2.95 bits per heavy atom. The van der Waals surface area contributed by atoms with Crippen LogP contribution < -0.4 is 5.73 Å². The highest BCUT2D eigenvalue weighted by molar-refractivity contribution is 5.39. The van der Waals surface area contributed by atoms with Crippen LogP contribution in [0.4, 0.5) is 5.69 Å². The van der Waals surface area contributed by atoms with E-state index in [1.54, 1.807) is 12.1 Å². The van der Waals surface area contributed by atoms with E-state index in [4.69, 9.17) is 5.73 Å². The van der Waals surface area contributed by atoms with Crippen LogP contribution in [0.1, 0.15) is 18.4 Å². The first-order chi connectivity index (χ1) is 9.20. The first kappa shape index (κ1) is 14.0. The molecule has 5 nitrogen and oxygen atoms in total. The number of hydrogen-bond acceptors (Lipinski definition) is 4. The third-order valence-corrected chi connectivity index (χ3v) is 3.82. The number of nitrogens with zero attached hydrogens (tertiary/aromatic N) is 2. The van der Waals surface area contributed by atoms with Crippen LogP contribution in [0.2, 0.25) is 0 Å². The molecular weight excluding hydrogens is 242 g/mol. The van der Waals surface area contributed by atoms with Gasteiger partial charge >= 0.3 is 0 Å². The maximum atomic E-state index is 10.9. The Labute approximate surface area is 113 Å². The van der Waals surface area contributed by atoms with Gasteiger partial charge in [-0.3, -0.25) is 10.1 Å². The quantitative estimate of drug-likeness (QED) is 0.649. The van der Waals surface area contributed by atoms with Crippen molar-refractivity contribution in [2.45, 2.75) is 19.3 Å². The highest BCUT2D eigenvalue weighted by atomic mass is 16.6. The van der Waals surface area contributed by atoms with Gasteiger partial charge < -0.3 is 10.6 Å². The minimum absolute atomic E-state index is 0.231. The zero-order valence-electron chi connectivity index (χ0n) is 11.1. The fourth-order valence-corrected chi connectivity index (χ4v) is 2.73. The number of rotatable bonds is 5. The van der Waals surface area contributed by atoms with Crippen molar-refractivity contribution in [3.8, 4) is 0 Å². The van der Waals surface area contributed by atoms with E-state index in [0.717, 1.165) is 38.2 Å². The molecule has 104 valence electrons. The van der Waals surface area contributed by atoms with Gasteiger partial charge in [0.25, 0.3) is 5.69 Å². The molecule has 0 spiro atoms. The van der Waals surface area contributed by atoms with Crippen molar-refractivity contribution in [1.29, 1.82) is 0 Å². The lowest BCUT2D eigenvalue weighted by Crippen LogP contribution is -2.39. The van der Waals surface area contributed by atoms with Crippen LogP contribution in [0.5, 0.6) is 0 Å². The smallest absolute Gasteiger partial charge is 0.272 e. The van der Waals surface area contributed by atoms with Crippen molar-refractivity contribution in [3.63, 3.8) is 0 Å². The van der Waals surface area contributed by atoms with Gasteiger partial charge in [0.05, 0.1) is 4.92 Å². The van der Waals surface area contributed by atoms with E-state index in [1.165, 1.54) is 12.8 Å². The zero-order chi connectivity index (χ0) is 13.7. The average Bonchev–Trinajstić information content (AvgIpc) is 2.45. The lowest BCUT2D eigenvalue weighted by atomic mass is 9.98. The van der Waals surface area contributed by atoms with Gasteiger partial charge in [0.15, 0.2) is 0 Å². The van der Waals surface area contributed by atoms with Crippen molar-refractivity contribution in [2.24, 2.45) is 11.7 Å². The van der Waals surface area contributed by atoms with Gasteiger partial charge in [-0.1, -0.05) is 18.2 Å². The van der Waals surface area contributed by atoms with Gasteiger partial charge in [-0.2, -0.15) is 0 Å². The van der Waals surface area contributed by atoms with E-state index in [0.29, 0.717) is 5.92 Å². The van der Waals surface area contributed by atoms with Crippen molar-refractivity contribution < 1.29 is 4.92 Å². The number of likely N-dealkylation sites (tertiary alicyclic amines) is 1. The second kappa shape index (κ2) is 6.63. The minimum Gasteiger partial charge on any atom is -0.330 e. The summed E-state index contributed by atoms with van der Waals surface area (Å²) in [6, 6.07) is 7.00. The van der Waals surface area contributed by atoms with E-state index < -0.39 is 0 Å². The van der Waals surface area contributed by atoms with Gasteiger partial charge in [-0.25, -0.2) is 0 Å². The molecule has 0 bridgehead atoms. The second-order valence-corrected chi connectivity index (χ2v) is 5.18. The molecule has 1 fully saturated rings. The van der Waals surface area contributed by atoms with Gasteiger partial charge in [-0.05, 0) is 38.3 Å². The maximum Gasteiger partial charge on any atom is 0.272 e. The van der Waals surface area contributed by atoms with Crippen LogP contribution in [0.25, 0.3) is 0 Å². The lowest BCUT2D eigenvalue weighted by molar-refractivity contribution is -0.385. The monoisotopic (exact) mass is 263 g/mol. The number of para-hydroxylation sites is 1. The molecule has 2 N–H and O–H groups in total. The second-order valence-electron chi connectivity index (χ2n) is 5.18. The molecule has 5 heteroatoms. The summed E-state index contributed by atoms with van der Waals surface area (Å²) < 4.78 is 0. The summed E-state index contributed by atoms with van der Waals surface area (Å²) in [5, 5.41) is 10.9. The van der Waals surface area contributed by atoms with E-state index in [-0.39, 0.29) is 10.6 Å². The molecule has 0 amide bonds. The van der Waals surface area contributed by atoms with E-state index in [2.05, 4.69) is 4.90 Å². The molecule has 1 aliphatic rings. The van der Waals surface area contributed by atoms with Crippen LogP contribution in [0.15, 0.2) is 24.3 Å². The third kappa shape index (κ3) is 3.75. The molecule has 19 heavy (non-hydrogen) atoms. The molecule has 1 aromatic rings. The van der Waals surface area contributed by atoms with Gasteiger partial charge in [0.2, 0.25) is 0 Å².